The highest BCUT2D eigenvalue weighted by Gasteiger charge is 2.14. The van der Waals surface area contributed by atoms with E-state index in [1.54, 1.807) is 0 Å². The summed E-state index contributed by atoms with van der Waals surface area (Å²) in [6.45, 7) is 10.5. The van der Waals surface area contributed by atoms with Crippen molar-refractivity contribution in [1.82, 2.24) is 14.5 Å². The zero-order valence-corrected chi connectivity index (χ0v) is 17.5. The second kappa shape index (κ2) is 7.10. The van der Waals surface area contributed by atoms with Gasteiger partial charge in [-0.15, -0.1) is 0 Å². The second-order valence-corrected chi connectivity index (χ2v) is 7.73. The van der Waals surface area contributed by atoms with E-state index in [9.17, 15) is 5.26 Å². The molecule has 0 aliphatic heterocycles. The summed E-state index contributed by atoms with van der Waals surface area (Å²) in [5.74, 6) is 0.601. The van der Waals surface area contributed by atoms with E-state index in [0.29, 0.717) is 11.4 Å². The van der Waals surface area contributed by atoms with Crippen LogP contribution in [-0.4, -0.2) is 14.5 Å². The molecule has 0 radical (unpaired) electrons. The van der Waals surface area contributed by atoms with Crippen LogP contribution in [0, 0.1) is 45.9 Å². The minimum Gasteiger partial charge on any atom is -0.337 e. The van der Waals surface area contributed by atoms with Crippen LogP contribution < -0.4 is 0 Å². The summed E-state index contributed by atoms with van der Waals surface area (Å²) in [4.78, 5) is 7.90. The SMILES string of the molecule is Cc1ccc(-n2c(C)cc(/C=C(/C#N)c3nc4ccc(C)cc4[nH]3)c2C)c(C)c1. The fourth-order valence-corrected chi connectivity index (χ4v) is 3.92. The number of allylic oxidation sites excluding steroid dienone is 1. The number of benzene rings is 2. The summed E-state index contributed by atoms with van der Waals surface area (Å²) >= 11 is 0. The summed E-state index contributed by atoms with van der Waals surface area (Å²) in [5.41, 5.74) is 10.4. The average molecular weight is 380 g/mol. The first kappa shape index (κ1) is 18.8. The average Bonchev–Trinajstić information content (AvgIpc) is 3.20. The van der Waals surface area contributed by atoms with Crippen LogP contribution in [0.15, 0.2) is 42.5 Å². The van der Waals surface area contributed by atoms with E-state index < -0.39 is 0 Å². The molecule has 0 saturated carbocycles. The molecule has 0 atom stereocenters. The van der Waals surface area contributed by atoms with Crippen molar-refractivity contribution in [3.63, 3.8) is 0 Å². The summed E-state index contributed by atoms with van der Waals surface area (Å²) < 4.78 is 2.25. The first-order valence-electron chi connectivity index (χ1n) is 9.72. The Labute approximate surface area is 171 Å². The first-order chi connectivity index (χ1) is 13.9. The van der Waals surface area contributed by atoms with E-state index in [4.69, 9.17) is 0 Å². The Morgan fingerprint density at radius 3 is 2.45 bits per heavy atom. The van der Waals surface area contributed by atoms with Gasteiger partial charge in [0.2, 0.25) is 0 Å². The number of aryl methyl sites for hydroxylation is 4. The minimum atomic E-state index is 0.528. The standard InChI is InChI=1S/C25H24N4/c1-15-7-9-24(17(3)10-15)29-18(4)12-20(19(29)5)13-21(14-26)25-27-22-8-6-16(2)11-23(22)28-25/h6-13H,1-5H3,(H,27,28)/b21-13-. The van der Waals surface area contributed by atoms with Crippen LogP contribution in [0.3, 0.4) is 0 Å². The lowest BCUT2D eigenvalue weighted by Crippen LogP contribution is -2.01. The third kappa shape index (κ3) is 3.36. The maximum atomic E-state index is 9.79. The number of imidazole rings is 1. The molecule has 29 heavy (non-hydrogen) atoms. The van der Waals surface area contributed by atoms with Crippen LogP contribution in [0.2, 0.25) is 0 Å². The fourth-order valence-electron chi connectivity index (χ4n) is 3.92. The molecule has 4 nitrogen and oxygen atoms in total. The Bertz CT molecular complexity index is 1310. The Balaban J connectivity index is 1.81. The Morgan fingerprint density at radius 1 is 1.00 bits per heavy atom. The Morgan fingerprint density at radius 2 is 1.72 bits per heavy atom. The molecule has 2 aromatic heterocycles. The maximum Gasteiger partial charge on any atom is 0.149 e. The van der Waals surface area contributed by atoms with Crippen molar-refractivity contribution in [2.45, 2.75) is 34.6 Å². The van der Waals surface area contributed by atoms with Gasteiger partial charge in [0.15, 0.2) is 0 Å². The first-order valence-corrected chi connectivity index (χ1v) is 9.72. The van der Waals surface area contributed by atoms with Gasteiger partial charge in [0.25, 0.3) is 0 Å². The van der Waals surface area contributed by atoms with Gasteiger partial charge < -0.3 is 9.55 Å². The number of nitriles is 1. The normalized spacial score (nSPS) is 11.8. The van der Waals surface area contributed by atoms with Gasteiger partial charge in [-0.25, -0.2) is 4.98 Å². The second-order valence-electron chi connectivity index (χ2n) is 7.73. The molecule has 0 bridgehead atoms. The fraction of sp³-hybridized carbons (Fsp3) is 0.200. The Kier molecular flexibility index (Phi) is 4.60. The molecule has 4 rings (SSSR count). The number of H-pyrrole nitrogens is 1. The third-order valence-corrected chi connectivity index (χ3v) is 5.38. The molecule has 0 aliphatic carbocycles. The van der Waals surface area contributed by atoms with Crippen molar-refractivity contribution in [1.29, 1.82) is 5.26 Å². The van der Waals surface area contributed by atoms with Crippen molar-refractivity contribution in [2.24, 2.45) is 0 Å². The lowest BCUT2D eigenvalue weighted by atomic mass is 10.1. The number of nitrogens with zero attached hydrogens (tertiary/aromatic N) is 3. The number of nitrogens with one attached hydrogen (secondary N) is 1. The molecule has 144 valence electrons. The molecule has 0 fully saturated rings. The van der Waals surface area contributed by atoms with Gasteiger partial charge in [0.1, 0.15) is 11.9 Å². The van der Waals surface area contributed by atoms with E-state index in [2.05, 4.69) is 72.6 Å². The van der Waals surface area contributed by atoms with Gasteiger partial charge in [0, 0.05) is 17.1 Å². The lowest BCUT2D eigenvalue weighted by molar-refractivity contribution is 0.952. The van der Waals surface area contributed by atoms with Crippen LogP contribution in [0.1, 0.15) is 39.5 Å². The number of hydrogen-bond acceptors (Lipinski definition) is 2. The largest absolute Gasteiger partial charge is 0.337 e. The van der Waals surface area contributed by atoms with Gasteiger partial charge in [-0.05, 0) is 81.7 Å². The van der Waals surface area contributed by atoms with Gasteiger partial charge in [0.05, 0.1) is 16.6 Å². The molecule has 2 aromatic carbocycles. The highest BCUT2D eigenvalue weighted by Crippen LogP contribution is 2.27. The van der Waals surface area contributed by atoms with Crippen LogP contribution in [-0.2, 0) is 0 Å². The van der Waals surface area contributed by atoms with E-state index in [1.807, 2.05) is 31.2 Å². The summed E-state index contributed by atoms with van der Waals surface area (Å²) in [6.07, 6.45) is 1.92. The quantitative estimate of drug-likeness (QED) is 0.446. The zero-order chi connectivity index (χ0) is 20.7. The van der Waals surface area contributed by atoms with E-state index in [-0.39, 0.29) is 0 Å². The van der Waals surface area contributed by atoms with Crippen LogP contribution in [0.25, 0.3) is 28.4 Å². The minimum absolute atomic E-state index is 0.528. The third-order valence-electron chi connectivity index (χ3n) is 5.38. The molecule has 0 saturated heterocycles. The van der Waals surface area contributed by atoms with Crippen molar-refractivity contribution >= 4 is 22.7 Å². The van der Waals surface area contributed by atoms with Crippen molar-refractivity contribution in [3.05, 3.63) is 81.9 Å². The number of aromatic nitrogens is 3. The number of fused-ring (bicyclic) bond motifs is 1. The molecular formula is C25H24N4. The van der Waals surface area contributed by atoms with E-state index >= 15 is 0 Å². The van der Waals surface area contributed by atoms with Crippen molar-refractivity contribution < 1.29 is 0 Å². The van der Waals surface area contributed by atoms with Crippen molar-refractivity contribution in [2.75, 3.05) is 0 Å². The molecule has 0 aliphatic rings. The summed E-state index contributed by atoms with van der Waals surface area (Å²) in [7, 11) is 0. The summed E-state index contributed by atoms with van der Waals surface area (Å²) in [6, 6.07) is 17.0. The monoisotopic (exact) mass is 380 g/mol. The Hall–Kier alpha value is -3.58. The molecular weight excluding hydrogens is 356 g/mol. The highest BCUT2D eigenvalue weighted by molar-refractivity contribution is 5.91. The molecule has 0 spiro atoms. The number of hydrogen-bond donors (Lipinski definition) is 1. The van der Waals surface area contributed by atoms with Crippen LogP contribution >= 0.6 is 0 Å². The zero-order valence-electron chi connectivity index (χ0n) is 17.5. The lowest BCUT2D eigenvalue weighted by Gasteiger charge is -2.13. The maximum absolute atomic E-state index is 9.79. The molecule has 0 amide bonds. The molecule has 0 unspecified atom stereocenters. The van der Waals surface area contributed by atoms with Crippen LogP contribution in [0.4, 0.5) is 0 Å². The smallest absolute Gasteiger partial charge is 0.149 e. The molecule has 2 heterocycles. The number of aromatic amines is 1. The summed E-state index contributed by atoms with van der Waals surface area (Å²) in [5, 5.41) is 9.79. The van der Waals surface area contributed by atoms with Gasteiger partial charge in [-0.3, -0.25) is 0 Å². The highest BCUT2D eigenvalue weighted by atomic mass is 15.0. The topological polar surface area (TPSA) is 57.4 Å². The van der Waals surface area contributed by atoms with Gasteiger partial charge >= 0.3 is 0 Å². The van der Waals surface area contributed by atoms with Crippen LogP contribution in [0.5, 0.6) is 0 Å². The molecule has 4 heteroatoms. The predicted molar refractivity (Wildman–Crippen MR) is 119 cm³/mol. The predicted octanol–water partition coefficient (Wildman–Crippen LogP) is 5.96. The molecule has 1 N–H and O–H groups in total. The van der Waals surface area contributed by atoms with Crippen molar-refractivity contribution in [3.8, 4) is 11.8 Å². The van der Waals surface area contributed by atoms with Gasteiger partial charge in [-0.1, -0.05) is 23.8 Å². The molecule has 4 aromatic rings. The van der Waals surface area contributed by atoms with E-state index in [0.717, 1.165) is 33.5 Å². The number of rotatable bonds is 3. The van der Waals surface area contributed by atoms with E-state index in [1.165, 1.54) is 16.8 Å². The van der Waals surface area contributed by atoms with Gasteiger partial charge in [-0.2, -0.15) is 5.26 Å².